The summed E-state index contributed by atoms with van der Waals surface area (Å²) >= 11 is 0. The molecule has 2 rings (SSSR count). The number of imide groups is 1. The molecular formula is C9H14N2O2. The zero-order chi connectivity index (χ0) is 9.26. The van der Waals surface area contributed by atoms with Crippen molar-refractivity contribution in [3.05, 3.63) is 0 Å². The summed E-state index contributed by atoms with van der Waals surface area (Å²) in [6.45, 7) is 1.60. The van der Waals surface area contributed by atoms with E-state index < -0.39 is 0 Å². The first-order valence-corrected chi connectivity index (χ1v) is 4.84. The van der Waals surface area contributed by atoms with Gasteiger partial charge < -0.3 is 5.32 Å². The van der Waals surface area contributed by atoms with Gasteiger partial charge in [-0.2, -0.15) is 0 Å². The summed E-state index contributed by atoms with van der Waals surface area (Å²) in [5.74, 6) is -0.00241. The number of carbonyl (C=O) groups is 2. The molecule has 0 aromatic heterocycles. The number of rotatable bonds is 2. The van der Waals surface area contributed by atoms with Crippen LogP contribution in [0.1, 0.15) is 25.7 Å². The van der Waals surface area contributed by atoms with E-state index in [0.29, 0.717) is 25.4 Å². The second-order valence-corrected chi connectivity index (χ2v) is 3.69. The molecule has 72 valence electrons. The third-order valence-corrected chi connectivity index (χ3v) is 2.72. The lowest BCUT2D eigenvalue weighted by Gasteiger charge is -2.18. The van der Waals surface area contributed by atoms with Gasteiger partial charge in [0, 0.05) is 25.4 Å². The van der Waals surface area contributed by atoms with E-state index >= 15 is 0 Å². The van der Waals surface area contributed by atoms with E-state index in [1.165, 1.54) is 4.90 Å². The molecule has 2 heterocycles. The van der Waals surface area contributed by atoms with E-state index in [9.17, 15) is 9.59 Å². The summed E-state index contributed by atoms with van der Waals surface area (Å²) in [5, 5.41) is 3.28. The molecule has 2 aliphatic heterocycles. The second-order valence-electron chi connectivity index (χ2n) is 3.69. The van der Waals surface area contributed by atoms with Crippen molar-refractivity contribution in [1.29, 1.82) is 0 Å². The highest BCUT2D eigenvalue weighted by Crippen LogP contribution is 2.14. The summed E-state index contributed by atoms with van der Waals surface area (Å²) in [6, 6.07) is 0.339. The maximum atomic E-state index is 11.2. The monoisotopic (exact) mass is 182 g/mol. The third-order valence-electron chi connectivity index (χ3n) is 2.72. The first-order valence-electron chi connectivity index (χ1n) is 4.84. The summed E-state index contributed by atoms with van der Waals surface area (Å²) < 4.78 is 0. The first-order chi connectivity index (χ1) is 6.27. The number of likely N-dealkylation sites (tertiary alicyclic amines) is 1. The van der Waals surface area contributed by atoms with Crippen molar-refractivity contribution in [1.82, 2.24) is 10.2 Å². The molecule has 0 aromatic rings. The molecule has 0 aliphatic carbocycles. The van der Waals surface area contributed by atoms with Gasteiger partial charge in [-0.3, -0.25) is 14.5 Å². The van der Waals surface area contributed by atoms with Crippen LogP contribution in [0.5, 0.6) is 0 Å². The minimum Gasteiger partial charge on any atom is -0.312 e. The zero-order valence-electron chi connectivity index (χ0n) is 7.58. The molecule has 0 bridgehead atoms. The van der Waals surface area contributed by atoms with Gasteiger partial charge in [0.15, 0.2) is 0 Å². The Labute approximate surface area is 77.3 Å². The molecule has 4 heteroatoms. The van der Waals surface area contributed by atoms with Crippen LogP contribution >= 0.6 is 0 Å². The molecule has 1 atom stereocenters. The molecular weight excluding hydrogens is 168 g/mol. The lowest BCUT2D eigenvalue weighted by atomic mass is 10.2. The van der Waals surface area contributed by atoms with Gasteiger partial charge in [-0.25, -0.2) is 0 Å². The molecule has 0 radical (unpaired) electrons. The van der Waals surface area contributed by atoms with Gasteiger partial charge in [-0.1, -0.05) is 0 Å². The lowest BCUT2D eigenvalue weighted by molar-refractivity contribution is -0.138. The average Bonchev–Trinajstić information content (AvgIpc) is 2.70. The Morgan fingerprint density at radius 3 is 2.54 bits per heavy atom. The zero-order valence-corrected chi connectivity index (χ0v) is 7.58. The van der Waals surface area contributed by atoms with E-state index in [0.717, 1.165) is 19.4 Å². The Hall–Kier alpha value is -0.900. The fourth-order valence-corrected chi connectivity index (χ4v) is 1.96. The van der Waals surface area contributed by atoms with E-state index in [2.05, 4.69) is 5.32 Å². The van der Waals surface area contributed by atoms with Crippen LogP contribution < -0.4 is 5.32 Å². The van der Waals surface area contributed by atoms with Crippen molar-refractivity contribution >= 4 is 11.8 Å². The van der Waals surface area contributed by atoms with Crippen LogP contribution in [0.4, 0.5) is 0 Å². The number of hydrogen-bond acceptors (Lipinski definition) is 3. The molecule has 0 aromatic carbocycles. The molecule has 13 heavy (non-hydrogen) atoms. The van der Waals surface area contributed by atoms with E-state index in [1.807, 2.05) is 0 Å². The summed E-state index contributed by atoms with van der Waals surface area (Å²) in [5.41, 5.74) is 0. The van der Waals surface area contributed by atoms with Crippen molar-refractivity contribution in [3.8, 4) is 0 Å². The van der Waals surface area contributed by atoms with Gasteiger partial charge >= 0.3 is 0 Å². The molecule has 1 unspecified atom stereocenters. The van der Waals surface area contributed by atoms with Crippen molar-refractivity contribution in [2.45, 2.75) is 31.7 Å². The molecule has 0 saturated carbocycles. The van der Waals surface area contributed by atoms with Gasteiger partial charge in [0.2, 0.25) is 11.8 Å². The number of amides is 2. The maximum Gasteiger partial charge on any atom is 0.229 e. The Bertz CT molecular complexity index is 218. The quantitative estimate of drug-likeness (QED) is 0.606. The highest BCUT2D eigenvalue weighted by Gasteiger charge is 2.31. The highest BCUT2D eigenvalue weighted by molar-refractivity contribution is 6.01. The maximum absolute atomic E-state index is 11.2. The minimum absolute atomic E-state index is 0.00120. The Kier molecular flexibility index (Phi) is 2.31. The van der Waals surface area contributed by atoms with Crippen LogP contribution in [-0.2, 0) is 9.59 Å². The molecule has 2 fully saturated rings. The van der Waals surface area contributed by atoms with Crippen molar-refractivity contribution in [3.63, 3.8) is 0 Å². The number of hydrogen-bond donors (Lipinski definition) is 1. The van der Waals surface area contributed by atoms with Gasteiger partial charge in [0.1, 0.15) is 0 Å². The average molecular weight is 182 g/mol. The van der Waals surface area contributed by atoms with Crippen molar-refractivity contribution in [2.75, 3.05) is 13.1 Å². The van der Waals surface area contributed by atoms with Crippen LogP contribution in [0, 0.1) is 0 Å². The largest absolute Gasteiger partial charge is 0.312 e. The Balaban J connectivity index is 1.92. The van der Waals surface area contributed by atoms with Gasteiger partial charge in [0.25, 0.3) is 0 Å². The van der Waals surface area contributed by atoms with E-state index in [1.54, 1.807) is 0 Å². The molecule has 0 spiro atoms. The van der Waals surface area contributed by atoms with Crippen LogP contribution in [0.25, 0.3) is 0 Å². The molecule has 2 aliphatic rings. The van der Waals surface area contributed by atoms with Crippen LogP contribution in [-0.4, -0.2) is 35.8 Å². The highest BCUT2D eigenvalue weighted by atomic mass is 16.2. The smallest absolute Gasteiger partial charge is 0.229 e. The Morgan fingerprint density at radius 2 is 2.00 bits per heavy atom. The lowest BCUT2D eigenvalue weighted by Crippen LogP contribution is -2.40. The molecule has 2 amide bonds. The summed E-state index contributed by atoms with van der Waals surface area (Å²) in [4.78, 5) is 23.9. The number of carbonyl (C=O) groups excluding carboxylic acids is 2. The van der Waals surface area contributed by atoms with Crippen LogP contribution in [0.3, 0.4) is 0 Å². The SMILES string of the molecule is O=C1CCC(=O)N1CC1CCCN1. The fourth-order valence-electron chi connectivity index (χ4n) is 1.96. The fraction of sp³-hybridized carbons (Fsp3) is 0.778. The van der Waals surface area contributed by atoms with Gasteiger partial charge in [-0.15, -0.1) is 0 Å². The predicted octanol–water partition coefficient (Wildman–Crippen LogP) is -0.113. The topological polar surface area (TPSA) is 49.4 Å². The summed E-state index contributed by atoms with van der Waals surface area (Å²) in [6.07, 6.45) is 3.05. The van der Waals surface area contributed by atoms with Crippen molar-refractivity contribution in [2.24, 2.45) is 0 Å². The second kappa shape index (κ2) is 3.46. The molecule has 1 N–H and O–H groups in total. The first kappa shape index (κ1) is 8.69. The van der Waals surface area contributed by atoms with E-state index in [-0.39, 0.29) is 11.8 Å². The Morgan fingerprint density at radius 1 is 1.31 bits per heavy atom. The summed E-state index contributed by atoms with van der Waals surface area (Å²) in [7, 11) is 0. The third kappa shape index (κ3) is 1.72. The van der Waals surface area contributed by atoms with Gasteiger partial charge in [-0.05, 0) is 19.4 Å². The standard InChI is InChI=1S/C9H14N2O2/c12-8-3-4-9(13)11(8)6-7-2-1-5-10-7/h7,10H,1-6H2. The van der Waals surface area contributed by atoms with Crippen molar-refractivity contribution < 1.29 is 9.59 Å². The minimum atomic E-state index is -0.00120. The van der Waals surface area contributed by atoms with E-state index in [4.69, 9.17) is 0 Å². The van der Waals surface area contributed by atoms with Gasteiger partial charge in [0.05, 0.1) is 0 Å². The van der Waals surface area contributed by atoms with Crippen LogP contribution in [0.15, 0.2) is 0 Å². The number of nitrogens with one attached hydrogen (secondary N) is 1. The molecule has 4 nitrogen and oxygen atoms in total. The van der Waals surface area contributed by atoms with Crippen LogP contribution in [0.2, 0.25) is 0 Å². The normalized spacial score (nSPS) is 28.9. The number of nitrogens with zero attached hydrogens (tertiary/aromatic N) is 1. The molecule has 2 saturated heterocycles. The predicted molar refractivity (Wildman–Crippen MR) is 47.0 cm³/mol.